The van der Waals surface area contributed by atoms with E-state index in [1.165, 1.54) is 6.07 Å². The molecule has 20 heavy (non-hydrogen) atoms. The van der Waals surface area contributed by atoms with E-state index in [0.29, 0.717) is 24.1 Å². The Bertz CT molecular complexity index is 625. The van der Waals surface area contributed by atoms with Gasteiger partial charge in [-0.25, -0.2) is 4.79 Å². The Morgan fingerprint density at radius 3 is 2.60 bits per heavy atom. The molecule has 1 aromatic heterocycles. The SMILES string of the molecule is CCOc1cccc(Oc2c(C)cccc2C(=O)O)n1. The van der Waals surface area contributed by atoms with Crippen molar-refractivity contribution in [1.82, 2.24) is 4.98 Å². The summed E-state index contributed by atoms with van der Waals surface area (Å²) in [4.78, 5) is 15.4. The highest BCUT2D eigenvalue weighted by atomic mass is 16.5. The number of hydrogen-bond acceptors (Lipinski definition) is 4. The van der Waals surface area contributed by atoms with E-state index in [2.05, 4.69) is 4.98 Å². The van der Waals surface area contributed by atoms with Crippen LogP contribution < -0.4 is 9.47 Å². The molecule has 0 amide bonds. The molecule has 5 heteroatoms. The molecule has 0 saturated carbocycles. The van der Waals surface area contributed by atoms with Crippen LogP contribution in [0.1, 0.15) is 22.8 Å². The van der Waals surface area contributed by atoms with Crippen molar-refractivity contribution >= 4 is 5.97 Å². The first-order chi connectivity index (χ1) is 9.61. The topological polar surface area (TPSA) is 68.7 Å². The van der Waals surface area contributed by atoms with E-state index in [-0.39, 0.29) is 5.56 Å². The van der Waals surface area contributed by atoms with Crippen LogP contribution in [0, 0.1) is 6.92 Å². The van der Waals surface area contributed by atoms with E-state index in [0.717, 1.165) is 5.56 Å². The summed E-state index contributed by atoms with van der Waals surface area (Å²) in [6.45, 7) is 4.15. The van der Waals surface area contributed by atoms with Gasteiger partial charge < -0.3 is 14.6 Å². The minimum Gasteiger partial charge on any atom is -0.478 e. The van der Waals surface area contributed by atoms with Crippen LogP contribution in [-0.4, -0.2) is 22.7 Å². The zero-order valence-electron chi connectivity index (χ0n) is 11.3. The number of hydrogen-bond donors (Lipinski definition) is 1. The maximum absolute atomic E-state index is 11.2. The van der Waals surface area contributed by atoms with Gasteiger partial charge in [-0.05, 0) is 25.5 Å². The number of carbonyl (C=O) groups is 1. The van der Waals surface area contributed by atoms with Crippen LogP contribution in [-0.2, 0) is 0 Å². The zero-order chi connectivity index (χ0) is 14.5. The first-order valence-corrected chi connectivity index (χ1v) is 6.22. The largest absolute Gasteiger partial charge is 0.478 e. The fourth-order valence-electron chi connectivity index (χ4n) is 1.74. The summed E-state index contributed by atoms with van der Waals surface area (Å²) in [7, 11) is 0. The summed E-state index contributed by atoms with van der Waals surface area (Å²) in [5, 5.41) is 9.18. The first-order valence-electron chi connectivity index (χ1n) is 6.22. The maximum Gasteiger partial charge on any atom is 0.339 e. The van der Waals surface area contributed by atoms with E-state index in [1.807, 2.05) is 6.92 Å². The van der Waals surface area contributed by atoms with Gasteiger partial charge in [-0.2, -0.15) is 4.98 Å². The third-order valence-electron chi connectivity index (χ3n) is 2.64. The van der Waals surface area contributed by atoms with Gasteiger partial charge in [-0.1, -0.05) is 18.2 Å². The molecule has 1 N–H and O–H groups in total. The summed E-state index contributed by atoms with van der Waals surface area (Å²) in [5.41, 5.74) is 0.835. The second-order valence-electron chi connectivity index (χ2n) is 4.11. The molecule has 5 nitrogen and oxygen atoms in total. The second kappa shape index (κ2) is 6.06. The van der Waals surface area contributed by atoms with E-state index < -0.39 is 5.97 Å². The fraction of sp³-hybridized carbons (Fsp3) is 0.200. The smallest absolute Gasteiger partial charge is 0.339 e. The number of pyridine rings is 1. The molecule has 0 atom stereocenters. The van der Waals surface area contributed by atoms with Gasteiger partial charge in [-0.3, -0.25) is 0 Å². The number of carboxylic acids is 1. The van der Waals surface area contributed by atoms with Crippen LogP contribution in [0.25, 0.3) is 0 Å². The molecular weight excluding hydrogens is 258 g/mol. The van der Waals surface area contributed by atoms with Crippen molar-refractivity contribution in [3.63, 3.8) is 0 Å². The number of ether oxygens (including phenoxy) is 2. The molecule has 2 aromatic rings. The third kappa shape index (κ3) is 3.06. The molecule has 1 aromatic carbocycles. The molecule has 2 rings (SSSR count). The number of para-hydroxylation sites is 1. The molecule has 0 radical (unpaired) electrons. The normalized spacial score (nSPS) is 10.1. The van der Waals surface area contributed by atoms with E-state index in [9.17, 15) is 9.90 Å². The van der Waals surface area contributed by atoms with Gasteiger partial charge in [0, 0.05) is 12.1 Å². The Labute approximate surface area is 116 Å². The lowest BCUT2D eigenvalue weighted by atomic mass is 10.1. The Kier molecular flexibility index (Phi) is 4.20. The first kappa shape index (κ1) is 13.9. The van der Waals surface area contributed by atoms with Crippen LogP contribution in [0.4, 0.5) is 0 Å². The molecule has 0 spiro atoms. The maximum atomic E-state index is 11.2. The Balaban J connectivity index is 2.34. The van der Waals surface area contributed by atoms with Crippen molar-refractivity contribution in [2.24, 2.45) is 0 Å². The monoisotopic (exact) mass is 273 g/mol. The average molecular weight is 273 g/mol. The quantitative estimate of drug-likeness (QED) is 0.905. The van der Waals surface area contributed by atoms with Gasteiger partial charge in [0.2, 0.25) is 11.8 Å². The van der Waals surface area contributed by atoms with Gasteiger partial charge in [-0.15, -0.1) is 0 Å². The summed E-state index contributed by atoms with van der Waals surface area (Å²) in [5.74, 6) is -0.00554. The number of carboxylic acid groups (broad SMARTS) is 1. The predicted molar refractivity (Wildman–Crippen MR) is 73.6 cm³/mol. The molecule has 0 aliphatic heterocycles. The lowest BCUT2D eigenvalue weighted by molar-refractivity contribution is 0.0694. The van der Waals surface area contributed by atoms with Gasteiger partial charge >= 0.3 is 5.97 Å². The molecule has 104 valence electrons. The lowest BCUT2D eigenvalue weighted by Crippen LogP contribution is -2.02. The van der Waals surface area contributed by atoms with Crippen molar-refractivity contribution in [2.75, 3.05) is 6.61 Å². The van der Waals surface area contributed by atoms with Crippen molar-refractivity contribution in [2.45, 2.75) is 13.8 Å². The number of aromatic carboxylic acids is 1. The van der Waals surface area contributed by atoms with Crippen molar-refractivity contribution in [3.8, 4) is 17.5 Å². The van der Waals surface area contributed by atoms with Gasteiger partial charge in [0.15, 0.2) is 0 Å². The number of aryl methyl sites for hydroxylation is 1. The molecule has 0 fully saturated rings. The van der Waals surface area contributed by atoms with E-state index >= 15 is 0 Å². The van der Waals surface area contributed by atoms with E-state index in [4.69, 9.17) is 9.47 Å². The number of benzene rings is 1. The molecule has 0 aliphatic carbocycles. The predicted octanol–water partition coefficient (Wildman–Crippen LogP) is 3.28. The van der Waals surface area contributed by atoms with Gasteiger partial charge in [0.1, 0.15) is 11.3 Å². The molecule has 0 aliphatic rings. The summed E-state index contributed by atoms with van der Waals surface area (Å²) < 4.78 is 10.9. The minimum absolute atomic E-state index is 0.105. The molecule has 0 saturated heterocycles. The van der Waals surface area contributed by atoms with Crippen LogP contribution in [0.5, 0.6) is 17.5 Å². The van der Waals surface area contributed by atoms with Crippen molar-refractivity contribution in [3.05, 3.63) is 47.5 Å². The van der Waals surface area contributed by atoms with Crippen LogP contribution >= 0.6 is 0 Å². The Morgan fingerprint density at radius 2 is 1.90 bits per heavy atom. The van der Waals surface area contributed by atoms with Crippen molar-refractivity contribution < 1.29 is 19.4 Å². The zero-order valence-corrected chi connectivity index (χ0v) is 11.3. The van der Waals surface area contributed by atoms with Crippen LogP contribution in [0.15, 0.2) is 36.4 Å². The fourth-order valence-corrected chi connectivity index (χ4v) is 1.74. The molecular formula is C15H15NO4. The lowest BCUT2D eigenvalue weighted by Gasteiger charge is -2.11. The van der Waals surface area contributed by atoms with Crippen LogP contribution in [0.2, 0.25) is 0 Å². The molecule has 1 heterocycles. The number of rotatable bonds is 5. The van der Waals surface area contributed by atoms with Crippen molar-refractivity contribution in [1.29, 1.82) is 0 Å². The Hall–Kier alpha value is -2.56. The standard InChI is InChI=1S/C15H15NO4/c1-3-19-12-8-5-9-13(16-12)20-14-10(2)6-4-7-11(14)15(17)18/h4-9H,3H2,1-2H3,(H,17,18). The highest BCUT2D eigenvalue weighted by Gasteiger charge is 2.14. The van der Waals surface area contributed by atoms with E-state index in [1.54, 1.807) is 37.3 Å². The molecule has 0 unspecified atom stereocenters. The second-order valence-corrected chi connectivity index (χ2v) is 4.11. The summed E-state index contributed by atoms with van der Waals surface area (Å²) >= 11 is 0. The van der Waals surface area contributed by atoms with Gasteiger partial charge in [0.05, 0.1) is 6.61 Å². The highest BCUT2D eigenvalue weighted by molar-refractivity contribution is 5.91. The average Bonchev–Trinajstić information content (AvgIpc) is 2.41. The Morgan fingerprint density at radius 1 is 1.20 bits per heavy atom. The summed E-state index contributed by atoms with van der Waals surface area (Å²) in [6, 6.07) is 10.1. The highest BCUT2D eigenvalue weighted by Crippen LogP contribution is 2.28. The summed E-state index contributed by atoms with van der Waals surface area (Å²) in [6.07, 6.45) is 0. The minimum atomic E-state index is -1.04. The molecule has 0 bridgehead atoms. The number of nitrogens with zero attached hydrogens (tertiary/aromatic N) is 1. The van der Waals surface area contributed by atoms with Crippen LogP contribution in [0.3, 0.4) is 0 Å². The number of aromatic nitrogens is 1. The van der Waals surface area contributed by atoms with Gasteiger partial charge in [0.25, 0.3) is 0 Å². The third-order valence-corrected chi connectivity index (χ3v) is 2.64.